The van der Waals surface area contributed by atoms with Crippen molar-refractivity contribution >= 4 is 11.9 Å². The first-order chi connectivity index (χ1) is 6.09. The van der Waals surface area contributed by atoms with Crippen molar-refractivity contribution in [3.05, 3.63) is 11.8 Å². The van der Waals surface area contributed by atoms with E-state index in [1.54, 1.807) is 0 Å². The van der Waals surface area contributed by atoms with Gasteiger partial charge in [0.05, 0.1) is 6.61 Å². The Hall–Kier alpha value is -1.52. The molecule has 0 saturated carbocycles. The van der Waals surface area contributed by atoms with Crippen LogP contribution in [0.4, 0.5) is 0 Å². The molecule has 0 bridgehead atoms. The first-order valence-electron chi connectivity index (χ1n) is 3.88. The number of hydrogen-bond acceptors (Lipinski definition) is 3. The molecule has 2 N–H and O–H groups in total. The van der Waals surface area contributed by atoms with Crippen molar-refractivity contribution in [3.63, 3.8) is 0 Å². The monoisotopic (exact) mass is 188 g/mol. The van der Waals surface area contributed by atoms with Gasteiger partial charge in [-0.2, -0.15) is 0 Å². The van der Waals surface area contributed by atoms with Crippen LogP contribution < -0.4 is 0 Å². The number of rotatable bonds is 6. The summed E-state index contributed by atoms with van der Waals surface area (Å²) in [6, 6.07) is 0. The van der Waals surface area contributed by atoms with E-state index < -0.39 is 17.5 Å². The standard InChI is InChI=1S/C8H12O5/c1-2-3-4-13-5-6(7(9)10)8(11)12/h5H,2-4H2,1H3,(H,9,10)(H,11,12). The number of carboxylic acid groups (broad SMARTS) is 2. The van der Waals surface area contributed by atoms with E-state index in [9.17, 15) is 9.59 Å². The number of ether oxygens (including phenoxy) is 1. The van der Waals surface area contributed by atoms with Crippen LogP contribution in [0.5, 0.6) is 0 Å². The maximum Gasteiger partial charge on any atom is 0.346 e. The molecule has 0 atom stereocenters. The molecule has 0 aromatic heterocycles. The highest BCUT2D eigenvalue weighted by Gasteiger charge is 2.15. The van der Waals surface area contributed by atoms with Gasteiger partial charge in [-0.05, 0) is 6.42 Å². The Morgan fingerprint density at radius 1 is 1.31 bits per heavy atom. The Labute approximate surface area is 75.6 Å². The first-order valence-corrected chi connectivity index (χ1v) is 3.88. The SMILES string of the molecule is CCCCOC=C(C(=O)O)C(=O)O. The van der Waals surface area contributed by atoms with Gasteiger partial charge in [-0.1, -0.05) is 13.3 Å². The van der Waals surface area contributed by atoms with Gasteiger partial charge >= 0.3 is 11.9 Å². The molecule has 0 spiro atoms. The van der Waals surface area contributed by atoms with Gasteiger partial charge in [0.2, 0.25) is 0 Å². The molecule has 0 aromatic rings. The molecular formula is C8H12O5. The van der Waals surface area contributed by atoms with E-state index in [0.29, 0.717) is 6.61 Å². The van der Waals surface area contributed by atoms with Gasteiger partial charge < -0.3 is 14.9 Å². The van der Waals surface area contributed by atoms with Crippen molar-refractivity contribution in [1.29, 1.82) is 0 Å². The molecule has 0 amide bonds. The molecular weight excluding hydrogens is 176 g/mol. The second-order valence-corrected chi connectivity index (χ2v) is 2.37. The van der Waals surface area contributed by atoms with Crippen LogP contribution in [0.15, 0.2) is 11.8 Å². The zero-order valence-corrected chi connectivity index (χ0v) is 7.32. The van der Waals surface area contributed by atoms with Crippen molar-refractivity contribution in [2.75, 3.05) is 6.61 Å². The van der Waals surface area contributed by atoms with Gasteiger partial charge in [-0.3, -0.25) is 0 Å². The van der Waals surface area contributed by atoms with Gasteiger partial charge in [0.1, 0.15) is 6.26 Å². The molecule has 0 heterocycles. The summed E-state index contributed by atoms with van der Waals surface area (Å²) in [5.74, 6) is -2.99. The number of hydrogen-bond donors (Lipinski definition) is 2. The minimum Gasteiger partial charge on any atom is -0.500 e. The van der Waals surface area contributed by atoms with Crippen LogP contribution in [0.25, 0.3) is 0 Å². The van der Waals surface area contributed by atoms with E-state index in [1.807, 2.05) is 6.92 Å². The van der Waals surface area contributed by atoms with Gasteiger partial charge in [-0.25, -0.2) is 9.59 Å². The zero-order chi connectivity index (χ0) is 10.3. The summed E-state index contributed by atoms with van der Waals surface area (Å²) in [6.07, 6.45) is 2.44. The third-order valence-electron chi connectivity index (χ3n) is 1.28. The van der Waals surface area contributed by atoms with Crippen molar-refractivity contribution in [3.8, 4) is 0 Å². The second-order valence-electron chi connectivity index (χ2n) is 2.37. The Balaban J connectivity index is 4.06. The fraction of sp³-hybridized carbons (Fsp3) is 0.500. The van der Waals surface area contributed by atoms with E-state index in [-0.39, 0.29) is 0 Å². The molecule has 0 rings (SSSR count). The van der Waals surface area contributed by atoms with Crippen molar-refractivity contribution in [2.24, 2.45) is 0 Å². The summed E-state index contributed by atoms with van der Waals surface area (Å²) in [5, 5.41) is 16.7. The summed E-state index contributed by atoms with van der Waals surface area (Å²) < 4.78 is 4.74. The third kappa shape index (κ3) is 4.84. The van der Waals surface area contributed by atoms with Crippen molar-refractivity contribution < 1.29 is 24.5 Å². The van der Waals surface area contributed by atoms with Crippen LogP contribution in [-0.4, -0.2) is 28.8 Å². The van der Waals surface area contributed by atoms with E-state index in [2.05, 4.69) is 0 Å². The molecule has 0 fully saturated rings. The molecule has 13 heavy (non-hydrogen) atoms. The van der Waals surface area contributed by atoms with Crippen LogP contribution in [-0.2, 0) is 14.3 Å². The molecule has 0 unspecified atom stereocenters. The van der Waals surface area contributed by atoms with Crippen LogP contribution in [0.1, 0.15) is 19.8 Å². The maximum atomic E-state index is 10.3. The predicted molar refractivity (Wildman–Crippen MR) is 44.2 cm³/mol. The Kier molecular flexibility index (Phi) is 5.34. The highest BCUT2D eigenvalue weighted by molar-refractivity contribution is 6.12. The summed E-state index contributed by atoms with van der Waals surface area (Å²) in [6.45, 7) is 2.28. The molecule has 0 aliphatic carbocycles. The van der Waals surface area contributed by atoms with E-state index in [4.69, 9.17) is 14.9 Å². The lowest BCUT2D eigenvalue weighted by molar-refractivity contribution is -0.140. The minimum absolute atomic E-state index is 0.334. The lowest BCUT2D eigenvalue weighted by atomic mass is 10.3. The van der Waals surface area contributed by atoms with E-state index in [0.717, 1.165) is 19.1 Å². The first kappa shape index (κ1) is 11.5. The summed E-state index contributed by atoms with van der Waals surface area (Å²) in [7, 11) is 0. The molecule has 0 radical (unpaired) electrons. The quantitative estimate of drug-likeness (QED) is 0.212. The average molecular weight is 188 g/mol. The lowest BCUT2D eigenvalue weighted by Crippen LogP contribution is -2.11. The van der Waals surface area contributed by atoms with Gasteiger partial charge in [0.25, 0.3) is 0 Å². The Morgan fingerprint density at radius 3 is 2.23 bits per heavy atom. The minimum atomic E-state index is -1.50. The van der Waals surface area contributed by atoms with Crippen LogP contribution in [0, 0.1) is 0 Å². The van der Waals surface area contributed by atoms with Crippen LogP contribution in [0.3, 0.4) is 0 Å². The average Bonchev–Trinajstić information content (AvgIpc) is 2.02. The van der Waals surface area contributed by atoms with Crippen LogP contribution >= 0.6 is 0 Å². The molecule has 74 valence electrons. The summed E-state index contributed by atoms with van der Waals surface area (Å²) >= 11 is 0. The van der Waals surface area contributed by atoms with Crippen LogP contribution in [0.2, 0.25) is 0 Å². The Morgan fingerprint density at radius 2 is 1.85 bits per heavy atom. The molecule has 0 aliphatic rings. The Bertz CT molecular complexity index is 203. The molecule has 0 saturated heterocycles. The maximum absolute atomic E-state index is 10.3. The van der Waals surface area contributed by atoms with Crippen molar-refractivity contribution in [2.45, 2.75) is 19.8 Å². The topological polar surface area (TPSA) is 83.8 Å². The number of aliphatic carboxylic acids is 2. The fourth-order valence-corrected chi connectivity index (χ4v) is 0.562. The highest BCUT2D eigenvalue weighted by Crippen LogP contribution is 1.97. The van der Waals surface area contributed by atoms with Gasteiger partial charge in [0.15, 0.2) is 5.57 Å². The molecule has 0 aliphatic heterocycles. The second kappa shape index (κ2) is 6.05. The summed E-state index contributed by atoms with van der Waals surface area (Å²) in [4.78, 5) is 20.6. The third-order valence-corrected chi connectivity index (χ3v) is 1.28. The van der Waals surface area contributed by atoms with Gasteiger partial charge in [-0.15, -0.1) is 0 Å². The highest BCUT2D eigenvalue weighted by atomic mass is 16.5. The lowest BCUT2D eigenvalue weighted by Gasteiger charge is -1.99. The molecule has 5 nitrogen and oxygen atoms in total. The fourth-order valence-electron chi connectivity index (χ4n) is 0.562. The normalized spacial score (nSPS) is 9.00. The van der Waals surface area contributed by atoms with E-state index >= 15 is 0 Å². The largest absolute Gasteiger partial charge is 0.500 e. The van der Waals surface area contributed by atoms with Gasteiger partial charge in [0, 0.05) is 0 Å². The smallest absolute Gasteiger partial charge is 0.346 e. The number of carboxylic acids is 2. The zero-order valence-electron chi connectivity index (χ0n) is 7.32. The summed E-state index contributed by atoms with van der Waals surface area (Å²) in [5.41, 5.74) is -0.754. The number of carbonyl (C=O) groups is 2. The number of unbranched alkanes of at least 4 members (excludes halogenated alkanes) is 1. The molecule has 0 aromatic carbocycles. The predicted octanol–water partition coefficient (Wildman–Crippen LogP) is 0.856. The van der Waals surface area contributed by atoms with Crippen molar-refractivity contribution in [1.82, 2.24) is 0 Å². The molecule has 5 heteroatoms. The van der Waals surface area contributed by atoms with E-state index in [1.165, 1.54) is 0 Å².